The lowest BCUT2D eigenvalue weighted by Gasteiger charge is -2.10. The van der Waals surface area contributed by atoms with Crippen molar-refractivity contribution in [3.8, 4) is 6.01 Å². The second kappa shape index (κ2) is 6.14. The summed E-state index contributed by atoms with van der Waals surface area (Å²) in [5.74, 6) is 1.13. The van der Waals surface area contributed by atoms with Crippen LogP contribution < -0.4 is 10.1 Å². The van der Waals surface area contributed by atoms with E-state index in [1.165, 1.54) is 3.57 Å². The minimum atomic E-state index is 0.348. The van der Waals surface area contributed by atoms with E-state index in [0.29, 0.717) is 24.4 Å². The van der Waals surface area contributed by atoms with Crippen LogP contribution in [-0.4, -0.2) is 21.6 Å². The van der Waals surface area contributed by atoms with Crippen molar-refractivity contribution in [3.05, 3.63) is 33.2 Å². The second-order valence-corrected chi connectivity index (χ2v) is 5.25. The zero-order chi connectivity index (χ0) is 13.8. The third kappa shape index (κ3) is 3.76. The molecule has 1 heterocycles. The van der Waals surface area contributed by atoms with E-state index in [9.17, 15) is 0 Å². The second-order valence-electron chi connectivity index (χ2n) is 4.01. The molecule has 0 radical (unpaired) electrons. The fourth-order valence-electron chi connectivity index (χ4n) is 1.59. The molecule has 2 rings (SSSR count). The lowest BCUT2D eigenvalue weighted by Crippen LogP contribution is -2.05. The molecule has 0 bridgehead atoms. The van der Waals surface area contributed by atoms with Crippen molar-refractivity contribution in [1.29, 1.82) is 0 Å². The van der Waals surface area contributed by atoms with Crippen LogP contribution in [0.25, 0.3) is 0 Å². The van der Waals surface area contributed by atoms with E-state index in [1.807, 2.05) is 32.9 Å². The highest BCUT2D eigenvalue weighted by atomic mass is 127. The van der Waals surface area contributed by atoms with Gasteiger partial charge < -0.3 is 10.1 Å². The molecule has 0 fully saturated rings. The van der Waals surface area contributed by atoms with Gasteiger partial charge in [-0.1, -0.05) is 0 Å². The van der Waals surface area contributed by atoms with Gasteiger partial charge in [-0.2, -0.15) is 15.0 Å². The Morgan fingerprint density at radius 1 is 1.21 bits per heavy atom. The number of hydrogen-bond acceptors (Lipinski definition) is 5. The normalized spacial score (nSPS) is 10.3. The Labute approximate surface area is 126 Å². The number of hydrogen-bond donors (Lipinski definition) is 1. The molecule has 100 valence electrons. The molecule has 0 aliphatic heterocycles. The maximum absolute atomic E-state index is 5.31. The van der Waals surface area contributed by atoms with Gasteiger partial charge in [-0.15, -0.1) is 0 Å². The minimum Gasteiger partial charge on any atom is -0.464 e. The van der Waals surface area contributed by atoms with Crippen LogP contribution in [0.2, 0.25) is 0 Å². The molecule has 0 saturated heterocycles. The van der Waals surface area contributed by atoms with E-state index in [4.69, 9.17) is 4.74 Å². The number of halogens is 1. The predicted octanol–water partition coefficient (Wildman–Crippen LogP) is 3.24. The summed E-state index contributed by atoms with van der Waals surface area (Å²) in [6.07, 6.45) is 0. The molecular formula is C13H15IN4O. The highest BCUT2D eigenvalue weighted by Gasteiger charge is 2.06. The molecule has 5 nitrogen and oxygen atoms in total. The van der Waals surface area contributed by atoms with Gasteiger partial charge in [-0.05, 0) is 67.1 Å². The van der Waals surface area contributed by atoms with Crippen molar-refractivity contribution in [1.82, 2.24) is 15.0 Å². The summed E-state index contributed by atoms with van der Waals surface area (Å²) >= 11 is 2.29. The van der Waals surface area contributed by atoms with Crippen molar-refractivity contribution >= 4 is 34.2 Å². The number of nitrogens with zero attached hydrogens (tertiary/aromatic N) is 3. The van der Waals surface area contributed by atoms with Gasteiger partial charge in [0.1, 0.15) is 5.82 Å². The van der Waals surface area contributed by atoms with Gasteiger partial charge in [-0.3, -0.25) is 0 Å². The lowest BCUT2D eigenvalue weighted by molar-refractivity contribution is 0.311. The lowest BCUT2D eigenvalue weighted by atomic mass is 10.2. The van der Waals surface area contributed by atoms with Crippen molar-refractivity contribution in [2.45, 2.75) is 20.8 Å². The van der Waals surface area contributed by atoms with E-state index in [0.717, 1.165) is 11.3 Å². The van der Waals surface area contributed by atoms with Gasteiger partial charge in [0.2, 0.25) is 5.95 Å². The van der Waals surface area contributed by atoms with E-state index in [2.05, 4.69) is 48.9 Å². The number of rotatable bonds is 4. The topological polar surface area (TPSA) is 59.9 Å². The number of anilines is 2. The molecule has 1 N–H and O–H groups in total. The van der Waals surface area contributed by atoms with Gasteiger partial charge in [-0.25, -0.2) is 0 Å². The van der Waals surface area contributed by atoms with Gasteiger partial charge in [0.25, 0.3) is 0 Å². The third-order valence-electron chi connectivity index (χ3n) is 2.44. The minimum absolute atomic E-state index is 0.348. The van der Waals surface area contributed by atoms with E-state index in [-0.39, 0.29) is 0 Å². The van der Waals surface area contributed by atoms with Crippen LogP contribution in [0.4, 0.5) is 11.6 Å². The maximum atomic E-state index is 5.31. The summed E-state index contributed by atoms with van der Waals surface area (Å²) in [5.41, 5.74) is 2.12. The molecule has 0 atom stereocenters. The van der Waals surface area contributed by atoms with Gasteiger partial charge in [0.15, 0.2) is 0 Å². The van der Waals surface area contributed by atoms with E-state index < -0.39 is 0 Å². The van der Waals surface area contributed by atoms with Crippen LogP contribution in [0, 0.1) is 17.4 Å². The number of aryl methyl sites for hydroxylation is 2. The first-order valence-corrected chi connectivity index (χ1v) is 7.05. The number of ether oxygens (including phenoxy) is 1. The van der Waals surface area contributed by atoms with Crippen LogP contribution >= 0.6 is 22.6 Å². The van der Waals surface area contributed by atoms with Crippen LogP contribution in [0.1, 0.15) is 18.3 Å². The molecule has 0 aliphatic carbocycles. The Hall–Kier alpha value is -1.44. The monoisotopic (exact) mass is 370 g/mol. The quantitative estimate of drug-likeness (QED) is 0.838. The summed E-state index contributed by atoms with van der Waals surface area (Å²) in [4.78, 5) is 12.6. The molecule has 0 unspecified atom stereocenters. The Kier molecular flexibility index (Phi) is 4.52. The summed E-state index contributed by atoms with van der Waals surface area (Å²) in [7, 11) is 0. The molecule has 1 aromatic carbocycles. The third-order valence-corrected chi connectivity index (χ3v) is 3.11. The van der Waals surface area contributed by atoms with Crippen molar-refractivity contribution in [3.63, 3.8) is 0 Å². The summed E-state index contributed by atoms with van der Waals surface area (Å²) in [6, 6.07) is 6.49. The Morgan fingerprint density at radius 2 is 2.00 bits per heavy atom. The SMILES string of the molecule is CCOc1nc(C)nc(Nc2ccc(I)cc2C)n1. The molecule has 6 heteroatoms. The van der Waals surface area contributed by atoms with Crippen molar-refractivity contribution < 1.29 is 4.74 Å². The Morgan fingerprint density at radius 3 is 2.68 bits per heavy atom. The van der Waals surface area contributed by atoms with Gasteiger partial charge in [0, 0.05) is 9.26 Å². The predicted molar refractivity (Wildman–Crippen MR) is 82.9 cm³/mol. The van der Waals surface area contributed by atoms with Crippen LogP contribution in [0.15, 0.2) is 18.2 Å². The summed E-state index contributed by atoms with van der Waals surface area (Å²) in [6.45, 7) is 6.29. The summed E-state index contributed by atoms with van der Waals surface area (Å²) < 4.78 is 6.51. The molecule has 19 heavy (non-hydrogen) atoms. The first-order valence-electron chi connectivity index (χ1n) is 5.97. The molecule has 2 aromatic rings. The highest BCUT2D eigenvalue weighted by molar-refractivity contribution is 14.1. The fraction of sp³-hybridized carbons (Fsp3) is 0.308. The average Bonchev–Trinajstić information content (AvgIpc) is 2.32. The molecule has 0 spiro atoms. The van der Waals surface area contributed by atoms with Gasteiger partial charge in [0.05, 0.1) is 6.61 Å². The largest absolute Gasteiger partial charge is 0.464 e. The fourth-order valence-corrected chi connectivity index (χ4v) is 2.24. The number of benzene rings is 1. The first-order chi connectivity index (χ1) is 9.08. The Balaban J connectivity index is 2.27. The molecule has 0 amide bonds. The number of nitrogens with one attached hydrogen (secondary N) is 1. The van der Waals surface area contributed by atoms with Crippen molar-refractivity contribution in [2.24, 2.45) is 0 Å². The molecule has 1 aromatic heterocycles. The van der Waals surface area contributed by atoms with Crippen LogP contribution in [0.5, 0.6) is 6.01 Å². The Bertz CT molecular complexity index is 589. The molecular weight excluding hydrogens is 355 g/mol. The maximum Gasteiger partial charge on any atom is 0.321 e. The average molecular weight is 370 g/mol. The van der Waals surface area contributed by atoms with E-state index in [1.54, 1.807) is 0 Å². The van der Waals surface area contributed by atoms with E-state index >= 15 is 0 Å². The zero-order valence-electron chi connectivity index (χ0n) is 11.1. The zero-order valence-corrected chi connectivity index (χ0v) is 13.2. The molecule has 0 aliphatic rings. The smallest absolute Gasteiger partial charge is 0.321 e. The molecule has 0 saturated carbocycles. The number of aromatic nitrogens is 3. The standard InChI is InChI=1S/C13H15IN4O/c1-4-19-13-16-9(3)15-12(18-13)17-11-6-5-10(14)7-8(11)2/h5-7H,4H2,1-3H3,(H,15,16,17,18). The highest BCUT2D eigenvalue weighted by Crippen LogP contribution is 2.21. The van der Waals surface area contributed by atoms with Crippen molar-refractivity contribution in [2.75, 3.05) is 11.9 Å². The van der Waals surface area contributed by atoms with Gasteiger partial charge >= 0.3 is 6.01 Å². The summed E-state index contributed by atoms with van der Waals surface area (Å²) in [5, 5.41) is 3.19. The van der Waals surface area contributed by atoms with Crippen LogP contribution in [0.3, 0.4) is 0 Å². The van der Waals surface area contributed by atoms with Crippen LogP contribution in [-0.2, 0) is 0 Å². The first kappa shape index (κ1) is 14.0.